The number of piperazine rings is 1. The number of halogens is 1. The van der Waals surface area contributed by atoms with Gasteiger partial charge in [0, 0.05) is 54.7 Å². The van der Waals surface area contributed by atoms with Gasteiger partial charge >= 0.3 is 0 Å². The van der Waals surface area contributed by atoms with Crippen LogP contribution in [0.3, 0.4) is 0 Å². The summed E-state index contributed by atoms with van der Waals surface area (Å²) in [4.78, 5) is 2.47. The molecule has 1 fully saturated rings. The molecule has 0 atom stereocenters. The summed E-state index contributed by atoms with van der Waals surface area (Å²) in [5, 5.41) is 0. The van der Waals surface area contributed by atoms with E-state index in [0.717, 1.165) is 32.6 Å². The van der Waals surface area contributed by atoms with Gasteiger partial charge in [0.1, 0.15) is 0 Å². The highest BCUT2D eigenvalue weighted by Gasteiger charge is 2.14. The topological polar surface area (TPSA) is 6.48 Å². The Bertz CT molecular complexity index is 302. The molecule has 1 aromatic rings. The van der Waals surface area contributed by atoms with E-state index in [0.29, 0.717) is 0 Å². The number of nitrogens with zero attached hydrogens (tertiary/aromatic N) is 2. The van der Waals surface area contributed by atoms with Crippen molar-refractivity contribution in [3.8, 4) is 0 Å². The van der Waals surface area contributed by atoms with E-state index < -0.39 is 0 Å². The average molecular weight is 316 g/mol. The number of benzene rings is 1. The maximum absolute atomic E-state index is 2.47. The number of hydrogen-bond donors (Lipinski definition) is 0. The van der Waals surface area contributed by atoms with Gasteiger partial charge in [-0.2, -0.15) is 0 Å². The van der Waals surface area contributed by atoms with E-state index in [1.165, 1.54) is 11.3 Å². The highest BCUT2D eigenvalue weighted by Crippen LogP contribution is 2.18. The van der Waals surface area contributed by atoms with Gasteiger partial charge in [-0.05, 0) is 24.1 Å². The van der Waals surface area contributed by atoms with Crippen molar-refractivity contribution >= 4 is 28.6 Å². The van der Waals surface area contributed by atoms with Gasteiger partial charge in [-0.15, -0.1) is 0 Å². The average Bonchev–Trinajstić information content (AvgIpc) is 2.30. The van der Waals surface area contributed by atoms with Crippen LogP contribution in [0, 0.1) is 0 Å². The van der Waals surface area contributed by atoms with E-state index in [4.69, 9.17) is 0 Å². The Morgan fingerprint density at radius 2 is 1.67 bits per heavy atom. The minimum absolute atomic E-state index is 1.13. The Hall–Kier alpha value is -0.290. The van der Waals surface area contributed by atoms with E-state index in [-0.39, 0.29) is 0 Å². The van der Waals surface area contributed by atoms with Gasteiger partial charge in [-0.25, -0.2) is 3.11 Å². The van der Waals surface area contributed by atoms with Crippen LogP contribution in [-0.2, 0) is 6.42 Å². The molecule has 1 aliphatic heterocycles. The van der Waals surface area contributed by atoms with Crippen LogP contribution in [-0.4, -0.2) is 29.3 Å². The van der Waals surface area contributed by atoms with Gasteiger partial charge in [-0.1, -0.05) is 19.1 Å². The molecule has 2 rings (SSSR count). The Kier molecular flexibility index (Phi) is 3.86. The van der Waals surface area contributed by atoms with Crippen molar-refractivity contribution in [2.75, 3.05) is 31.1 Å². The summed E-state index contributed by atoms with van der Waals surface area (Å²) in [5.74, 6) is 0. The molecule has 82 valence electrons. The lowest BCUT2D eigenvalue weighted by atomic mass is 10.1. The van der Waals surface area contributed by atoms with Gasteiger partial charge in [0.05, 0.1) is 0 Å². The summed E-state index contributed by atoms with van der Waals surface area (Å²) in [7, 11) is 0. The van der Waals surface area contributed by atoms with Crippen LogP contribution in [0.5, 0.6) is 0 Å². The Morgan fingerprint density at radius 3 is 2.20 bits per heavy atom. The highest BCUT2D eigenvalue weighted by atomic mass is 127. The van der Waals surface area contributed by atoms with E-state index in [1.807, 2.05) is 0 Å². The first kappa shape index (κ1) is 11.2. The molecule has 1 heterocycles. The molecule has 0 amide bonds. The second-order valence-electron chi connectivity index (χ2n) is 3.92. The normalized spacial score (nSPS) is 18.1. The molecule has 0 radical (unpaired) electrons. The quantitative estimate of drug-likeness (QED) is 0.611. The van der Waals surface area contributed by atoms with Gasteiger partial charge < -0.3 is 4.90 Å². The molecule has 1 aromatic carbocycles. The molecule has 1 aliphatic rings. The molecule has 0 unspecified atom stereocenters. The standard InChI is InChI=1S/C12H17IN2/c1-2-11-3-5-12(6-4-11)14-7-9-15(13)10-8-14/h3-6H,2,7-10H2,1H3. The van der Waals surface area contributed by atoms with Crippen molar-refractivity contribution in [3.05, 3.63) is 29.8 Å². The minimum atomic E-state index is 1.13. The smallest absolute Gasteiger partial charge is 0.0367 e. The van der Waals surface area contributed by atoms with Crippen molar-refractivity contribution in [2.24, 2.45) is 0 Å². The van der Waals surface area contributed by atoms with E-state index >= 15 is 0 Å². The van der Waals surface area contributed by atoms with Crippen LogP contribution in [0.15, 0.2) is 24.3 Å². The monoisotopic (exact) mass is 316 g/mol. The van der Waals surface area contributed by atoms with Crippen LogP contribution in [0.1, 0.15) is 12.5 Å². The molecule has 0 aromatic heterocycles. The molecule has 3 heteroatoms. The fraction of sp³-hybridized carbons (Fsp3) is 0.500. The van der Waals surface area contributed by atoms with Crippen LogP contribution in [0.4, 0.5) is 5.69 Å². The predicted molar refractivity (Wildman–Crippen MR) is 73.6 cm³/mol. The second-order valence-corrected chi connectivity index (χ2v) is 5.28. The van der Waals surface area contributed by atoms with Crippen molar-refractivity contribution in [3.63, 3.8) is 0 Å². The number of rotatable bonds is 2. The fourth-order valence-electron chi connectivity index (χ4n) is 1.88. The summed E-state index contributed by atoms with van der Waals surface area (Å²) in [6.45, 7) is 6.82. The zero-order chi connectivity index (χ0) is 10.7. The van der Waals surface area contributed by atoms with E-state index in [9.17, 15) is 0 Å². The third-order valence-electron chi connectivity index (χ3n) is 2.93. The Morgan fingerprint density at radius 1 is 1.07 bits per heavy atom. The van der Waals surface area contributed by atoms with Crippen LogP contribution < -0.4 is 4.90 Å². The lowest BCUT2D eigenvalue weighted by Gasteiger charge is -2.33. The SMILES string of the molecule is CCc1ccc(N2CCN(I)CC2)cc1. The molecule has 2 nitrogen and oxygen atoms in total. The first-order valence-corrected chi connectivity index (χ1v) is 6.50. The number of anilines is 1. The first-order valence-electron chi connectivity index (χ1n) is 5.54. The third-order valence-corrected chi connectivity index (χ3v) is 3.90. The molecular formula is C12H17IN2. The zero-order valence-corrected chi connectivity index (χ0v) is 11.3. The maximum Gasteiger partial charge on any atom is 0.0367 e. The van der Waals surface area contributed by atoms with E-state index in [2.05, 4.69) is 62.1 Å². The highest BCUT2D eigenvalue weighted by molar-refractivity contribution is 14.1. The minimum Gasteiger partial charge on any atom is -0.369 e. The summed E-state index contributed by atoms with van der Waals surface area (Å²) >= 11 is 2.40. The van der Waals surface area contributed by atoms with Gasteiger partial charge in [0.15, 0.2) is 0 Å². The molecule has 15 heavy (non-hydrogen) atoms. The van der Waals surface area contributed by atoms with Gasteiger partial charge in [0.2, 0.25) is 0 Å². The number of hydrogen-bond acceptors (Lipinski definition) is 2. The summed E-state index contributed by atoms with van der Waals surface area (Å²) in [6.07, 6.45) is 1.13. The van der Waals surface area contributed by atoms with Gasteiger partial charge in [-0.3, -0.25) is 0 Å². The van der Waals surface area contributed by atoms with Crippen molar-refractivity contribution in [2.45, 2.75) is 13.3 Å². The fourth-order valence-corrected chi connectivity index (χ4v) is 2.31. The van der Waals surface area contributed by atoms with Crippen molar-refractivity contribution < 1.29 is 0 Å². The number of aryl methyl sites for hydroxylation is 1. The predicted octanol–water partition coefficient (Wildman–Crippen LogP) is 2.72. The van der Waals surface area contributed by atoms with Crippen molar-refractivity contribution in [1.82, 2.24) is 3.11 Å². The van der Waals surface area contributed by atoms with Crippen LogP contribution >= 0.6 is 22.9 Å². The van der Waals surface area contributed by atoms with Crippen molar-refractivity contribution in [1.29, 1.82) is 0 Å². The molecule has 0 bridgehead atoms. The molecule has 0 saturated carbocycles. The molecule has 1 saturated heterocycles. The lowest BCUT2D eigenvalue weighted by molar-refractivity contribution is 0.460. The first-order chi connectivity index (χ1) is 7.29. The Balaban J connectivity index is 2.03. The van der Waals surface area contributed by atoms with Gasteiger partial charge in [0.25, 0.3) is 0 Å². The molecule has 0 aliphatic carbocycles. The molecule has 0 spiro atoms. The molecular weight excluding hydrogens is 299 g/mol. The Labute approximate surface area is 106 Å². The third kappa shape index (κ3) is 2.84. The van der Waals surface area contributed by atoms with E-state index in [1.54, 1.807) is 0 Å². The largest absolute Gasteiger partial charge is 0.369 e. The summed E-state index contributed by atoms with van der Waals surface area (Å²) < 4.78 is 2.36. The van der Waals surface area contributed by atoms with Crippen LogP contribution in [0.2, 0.25) is 0 Å². The zero-order valence-electron chi connectivity index (χ0n) is 9.12. The van der Waals surface area contributed by atoms with Crippen LogP contribution in [0.25, 0.3) is 0 Å². The summed E-state index contributed by atoms with van der Waals surface area (Å²) in [5.41, 5.74) is 2.79. The maximum atomic E-state index is 2.47. The summed E-state index contributed by atoms with van der Waals surface area (Å²) in [6, 6.07) is 8.99. The lowest BCUT2D eigenvalue weighted by Crippen LogP contribution is -2.42. The second kappa shape index (κ2) is 5.16. The molecule has 0 N–H and O–H groups in total.